The lowest BCUT2D eigenvalue weighted by atomic mass is 10.1. The second-order valence-electron chi connectivity index (χ2n) is 8.22. The van der Waals surface area contributed by atoms with Gasteiger partial charge in [-0.2, -0.15) is 0 Å². The fourth-order valence-corrected chi connectivity index (χ4v) is 3.63. The molecule has 1 aromatic heterocycles. The third kappa shape index (κ3) is 6.66. The SMILES string of the molecule is CC(C)OC/C=C/C(=O)Nc1cc2c(Nc3ccc(F)c(Cl)c3)ncnc2cc1O[C@@H]1CCOC1. The molecule has 10 heteroatoms. The zero-order chi connectivity index (χ0) is 24.8. The summed E-state index contributed by atoms with van der Waals surface area (Å²) in [7, 11) is 0. The summed E-state index contributed by atoms with van der Waals surface area (Å²) in [6.45, 7) is 5.27. The topological polar surface area (TPSA) is 94.6 Å². The Kier molecular flexibility index (Phi) is 8.12. The maximum Gasteiger partial charge on any atom is 0.248 e. The molecule has 1 amide bonds. The molecule has 2 heterocycles. The van der Waals surface area contributed by atoms with Crippen LogP contribution in [0, 0.1) is 5.82 Å². The van der Waals surface area contributed by atoms with Crippen molar-refractivity contribution < 1.29 is 23.4 Å². The minimum absolute atomic E-state index is 0.0102. The zero-order valence-electron chi connectivity index (χ0n) is 19.4. The molecular formula is C25H26ClFN4O4. The molecule has 0 bridgehead atoms. The van der Waals surface area contributed by atoms with Gasteiger partial charge in [-0.05, 0) is 38.1 Å². The molecule has 1 saturated heterocycles. The van der Waals surface area contributed by atoms with Crippen molar-refractivity contribution in [3.8, 4) is 5.75 Å². The van der Waals surface area contributed by atoms with Gasteiger partial charge in [-0.3, -0.25) is 4.79 Å². The van der Waals surface area contributed by atoms with Crippen molar-refractivity contribution in [3.63, 3.8) is 0 Å². The smallest absolute Gasteiger partial charge is 0.248 e. The summed E-state index contributed by atoms with van der Waals surface area (Å²) in [6, 6.07) is 7.78. The Morgan fingerprint density at radius 3 is 2.91 bits per heavy atom. The van der Waals surface area contributed by atoms with E-state index in [0.29, 0.717) is 53.7 Å². The van der Waals surface area contributed by atoms with Gasteiger partial charge in [0, 0.05) is 29.6 Å². The molecule has 1 aliphatic heterocycles. The van der Waals surface area contributed by atoms with Crippen LogP contribution >= 0.6 is 11.6 Å². The number of anilines is 3. The Labute approximate surface area is 207 Å². The van der Waals surface area contributed by atoms with Crippen LogP contribution < -0.4 is 15.4 Å². The highest BCUT2D eigenvalue weighted by Crippen LogP contribution is 2.35. The van der Waals surface area contributed by atoms with Crippen molar-refractivity contribution in [2.24, 2.45) is 0 Å². The molecule has 0 aliphatic carbocycles. The van der Waals surface area contributed by atoms with E-state index in [1.165, 1.54) is 24.5 Å². The number of amides is 1. The lowest BCUT2D eigenvalue weighted by Crippen LogP contribution is -2.18. The van der Waals surface area contributed by atoms with E-state index in [2.05, 4.69) is 20.6 Å². The molecule has 2 N–H and O–H groups in total. The maximum absolute atomic E-state index is 13.6. The standard InChI is InChI=1S/C25H26ClFN4O4/c1-15(2)34-8-3-4-24(32)31-22-11-18-21(12-23(22)35-17-7-9-33-13-17)28-14-29-25(18)30-16-5-6-20(27)19(26)10-16/h3-6,10-12,14-15,17H,7-9,13H2,1-2H3,(H,31,32)(H,28,29,30)/b4-3+/t17-/m1/s1. The molecule has 1 aliphatic rings. The fourth-order valence-electron chi connectivity index (χ4n) is 3.45. The van der Waals surface area contributed by atoms with Crippen molar-refractivity contribution in [1.82, 2.24) is 9.97 Å². The number of carbonyl (C=O) groups is 1. The van der Waals surface area contributed by atoms with Crippen LogP contribution in [0.1, 0.15) is 20.3 Å². The Morgan fingerprint density at radius 2 is 2.17 bits per heavy atom. The van der Waals surface area contributed by atoms with Crippen LogP contribution in [-0.2, 0) is 14.3 Å². The molecule has 0 radical (unpaired) electrons. The predicted molar refractivity (Wildman–Crippen MR) is 133 cm³/mol. The normalized spacial score (nSPS) is 15.7. The number of hydrogen-bond acceptors (Lipinski definition) is 7. The van der Waals surface area contributed by atoms with Crippen LogP contribution in [0.4, 0.5) is 21.6 Å². The van der Waals surface area contributed by atoms with Gasteiger partial charge < -0.3 is 24.8 Å². The molecule has 3 aromatic rings. The van der Waals surface area contributed by atoms with Gasteiger partial charge in [-0.25, -0.2) is 14.4 Å². The number of aromatic nitrogens is 2. The van der Waals surface area contributed by atoms with Crippen molar-refractivity contribution in [1.29, 1.82) is 0 Å². The number of benzene rings is 2. The molecular weight excluding hydrogens is 475 g/mol. The highest BCUT2D eigenvalue weighted by molar-refractivity contribution is 6.31. The number of halogens is 2. The first-order valence-electron chi connectivity index (χ1n) is 11.2. The third-order valence-corrected chi connectivity index (χ3v) is 5.44. The molecule has 1 fully saturated rings. The highest BCUT2D eigenvalue weighted by atomic mass is 35.5. The number of nitrogens with zero attached hydrogens (tertiary/aromatic N) is 2. The summed E-state index contributed by atoms with van der Waals surface area (Å²) < 4.78 is 30.5. The second kappa shape index (κ2) is 11.4. The largest absolute Gasteiger partial charge is 0.486 e. The zero-order valence-corrected chi connectivity index (χ0v) is 20.1. The van der Waals surface area contributed by atoms with Gasteiger partial charge in [0.05, 0.1) is 42.2 Å². The van der Waals surface area contributed by atoms with E-state index in [1.807, 2.05) is 13.8 Å². The number of carbonyl (C=O) groups excluding carboxylic acids is 1. The molecule has 8 nitrogen and oxygen atoms in total. The Bertz CT molecular complexity index is 1230. The molecule has 35 heavy (non-hydrogen) atoms. The van der Waals surface area contributed by atoms with Gasteiger partial charge in [0.1, 0.15) is 29.8 Å². The summed E-state index contributed by atoms with van der Waals surface area (Å²) in [4.78, 5) is 21.3. The predicted octanol–water partition coefficient (Wildman–Crippen LogP) is 5.25. The molecule has 0 saturated carbocycles. The summed E-state index contributed by atoms with van der Waals surface area (Å²) in [5, 5.41) is 6.63. The van der Waals surface area contributed by atoms with Crippen molar-refractivity contribution >= 4 is 45.6 Å². The van der Waals surface area contributed by atoms with E-state index < -0.39 is 5.82 Å². The molecule has 4 rings (SSSR count). The fraction of sp³-hybridized carbons (Fsp3) is 0.320. The number of ether oxygens (including phenoxy) is 3. The molecule has 2 aromatic carbocycles. The Morgan fingerprint density at radius 1 is 1.31 bits per heavy atom. The van der Waals surface area contributed by atoms with Crippen molar-refractivity contribution in [2.75, 3.05) is 30.5 Å². The number of fused-ring (bicyclic) bond motifs is 1. The lowest BCUT2D eigenvalue weighted by Gasteiger charge is -2.17. The van der Waals surface area contributed by atoms with Crippen molar-refractivity contribution in [3.05, 3.63) is 59.7 Å². The molecule has 0 unspecified atom stereocenters. The van der Waals surface area contributed by atoms with Gasteiger partial charge in [0.15, 0.2) is 0 Å². The summed E-state index contributed by atoms with van der Waals surface area (Å²) in [5.41, 5.74) is 1.61. The van der Waals surface area contributed by atoms with Crippen LogP contribution in [0.15, 0.2) is 48.8 Å². The summed E-state index contributed by atoms with van der Waals surface area (Å²) >= 11 is 5.91. The highest BCUT2D eigenvalue weighted by Gasteiger charge is 2.20. The van der Waals surface area contributed by atoms with E-state index >= 15 is 0 Å². The van der Waals surface area contributed by atoms with Gasteiger partial charge in [-0.15, -0.1) is 0 Å². The lowest BCUT2D eigenvalue weighted by molar-refractivity contribution is -0.112. The van der Waals surface area contributed by atoms with E-state index in [1.54, 1.807) is 24.3 Å². The summed E-state index contributed by atoms with van der Waals surface area (Å²) in [6.07, 6.45) is 5.16. The average Bonchev–Trinajstić information content (AvgIpc) is 3.33. The van der Waals surface area contributed by atoms with E-state index in [-0.39, 0.29) is 23.1 Å². The van der Waals surface area contributed by atoms with E-state index in [0.717, 1.165) is 6.42 Å². The molecule has 0 spiro atoms. The van der Waals surface area contributed by atoms with Gasteiger partial charge in [-0.1, -0.05) is 17.7 Å². The maximum atomic E-state index is 13.6. The quantitative estimate of drug-likeness (QED) is 0.387. The first kappa shape index (κ1) is 24.8. The second-order valence-corrected chi connectivity index (χ2v) is 8.63. The summed E-state index contributed by atoms with van der Waals surface area (Å²) in [5.74, 6) is 0.0904. The average molecular weight is 501 g/mol. The van der Waals surface area contributed by atoms with Gasteiger partial charge in [0.2, 0.25) is 5.91 Å². The van der Waals surface area contributed by atoms with Crippen LogP contribution in [-0.4, -0.2) is 47.9 Å². The first-order valence-corrected chi connectivity index (χ1v) is 11.6. The van der Waals surface area contributed by atoms with Crippen LogP contribution in [0.3, 0.4) is 0 Å². The monoisotopic (exact) mass is 500 g/mol. The third-order valence-electron chi connectivity index (χ3n) is 5.15. The van der Waals surface area contributed by atoms with E-state index in [9.17, 15) is 9.18 Å². The first-order chi connectivity index (χ1) is 16.9. The Hall–Kier alpha value is -3.27. The number of hydrogen-bond donors (Lipinski definition) is 2. The number of rotatable bonds is 9. The minimum atomic E-state index is -0.515. The van der Waals surface area contributed by atoms with Crippen molar-refractivity contribution in [2.45, 2.75) is 32.5 Å². The number of nitrogens with one attached hydrogen (secondary N) is 2. The Balaban J connectivity index is 1.64. The van der Waals surface area contributed by atoms with Crippen LogP contribution in [0.25, 0.3) is 10.9 Å². The van der Waals surface area contributed by atoms with Gasteiger partial charge in [0.25, 0.3) is 0 Å². The van der Waals surface area contributed by atoms with Gasteiger partial charge >= 0.3 is 0 Å². The molecule has 1 atom stereocenters. The van der Waals surface area contributed by atoms with Crippen LogP contribution in [0.5, 0.6) is 5.75 Å². The molecule has 184 valence electrons. The van der Waals surface area contributed by atoms with E-state index in [4.69, 9.17) is 25.8 Å². The van der Waals surface area contributed by atoms with Crippen LogP contribution in [0.2, 0.25) is 5.02 Å². The minimum Gasteiger partial charge on any atom is -0.486 e.